The van der Waals surface area contributed by atoms with E-state index in [9.17, 15) is 14.4 Å². The highest BCUT2D eigenvalue weighted by Gasteiger charge is 2.53. The van der Waals surface area contributed by atoms with Crippen molar-refractivity contribution >= 4 is 46.4 Å². The zero-order valence-electron chi connectivity index (χ0n) is 30.0. The molecule has 52 heavy (non-hydrogen) atoms. The van der Waals surface area contributed by atoms with Gasteiger partial charge in [0, 0.05) is 17.6 Å². The molecule has 0 spiro atoms. The van der Waals surface area contributed by atoms with Crippen molar-refractivity contribution in [2.24, 2.45) is 5.92 Å². The summed E-state index contributed by atoms with van der Waals surface area (Å²) in [6.45, 7) is 8.86. The molecule has 276 valence electrons. The molecule has 13 nitrogen and oxygen atoms in total. The molecule has 0 bridgehead atoms. The largest absolute Gasteiger partial charge is 0.494 e. The van der Waals surface area contributed by atoms with Crippen molar-refractivity contribution in [3.05, 3.63) is 76.6 Å². The average Bonchev–Trinajstić information content (AvgIpc) is 3.68. The van der Waals surface area contributed by atoms with Crippen LogP contribution < -0.4 is 24.3 Å². The van der Waals surface area contributed by atoms with Gasteiger partial charge in [0.05, 0.1) is 51.3 Å². The van der Waals surface area contributed by atoms with E-state index in [0.29, 0.717) is 39.4 Å². The number of rotatable bonds is 14. The number of fused-ring (bicyclic) bond motifs is 1. The molecule has 1 N–H and O–H groups in total. The summed E-state index contributed by atoms with van der Waals surface area (Å²) >= 11 is 1.00. The number of cyclic esters (lactones) is 1. The lowest BCUT2D eigenvalue weighted by molar-refractivity contribution is -0.186. The predicted molar refractivity (Wildman–Crippen MR) is 189 cm³/mol. The molecule has 0 fully saturated rings. The van der Waals surface area contributed by atoms with E-state index in [1.165, 1.54) is 33.5 Å². The van der Waals surface area contributed by atoms with Gasteiger partial charge in [-0.05, 0) is 80.3 Å². The van der Waals surface area contributed by atoms with Gasteiger partial charge < -0.3 is 38.5 Å². The number of carbonyl (C=O) groups is 3. The Balaban J connectivity index is 1.76. The molecule has 1 aliphatic heterocycles. The number of hydrogen-bond donors (Lipinski definition) is 1. The Morgan fingerprint density at radius 2 is 1.60 bits per heavy atom. The first kappa shape index (κ1) is 37.8. The Labute approximate surface area is 304 Å². The minimum Gasteiger partial charge on any atom is -0.494 e. The van der Waals surface area contributed by atoms with Crippen LogP contribution in [0.1, 0.15) is 51.3 Å². The van der Waals surface area contributed by atoms with Crippen LogP contribution in [0.4, 0.5) is 9.18 Å². The van der Waals surface area contributed by atoms with E-state index in [4.69, 9.17) is 33.2 Å². The Kier molecular flexibility index (Phi) is 11.5. The van der Waals surface area contributed by atoms with E-state index < -0.39 is 41.6 Å². The van der Waals surface area contributed by atoms with Gasteiger partial charge in [0.15, 0.2) is 23.1 Å². The third-order valence-corrected chi connectivity index (χ3v) is 8.74. The molecule has 0 saturated carbocycles. The summed E-state index contributed by atoms with van der Waals surface area (Å²) in [6, 6.07) is 11.1. The van der Waals surface area contributed by atoms with Gasteiger partial charge >= 0.3 is 23.8 Å². The number of nitrogens with one attached hydrogen (secondary N) is 1. The van der Waals surface area contributed by atoms with E-state index in [2.05, 4.69) is 14.1 Å². The Hall–Kier alpha value is -5.44. The standard InChI is InChI=1S/C37H40FN3O10S/c1-9-48-35(43)32(19(2)3)39-36(44)51-37(23-11-13-28(45-6)25(38)18-23)24(14-21-15-29(46-7)33(49-20(4)5)30(16-21)47-8)31(34(42)50-37)22-10-12-26-27(17-22)41-52-40-26/h10-13,15-20,32H,9,14H2,1-8H3,(H,39,44). The maximum atomic E-state index is 15.5. The van der Waals surface area contributed by atoms with Crippen molar-refractivity contribution in [1.82, 2.24) is 14.1 Å². The number of carbonyl (C=O) groups excluding carboxylic acids is 3. The Bertz CT molecular complexity index is 1990. The van der Waals surface area contributed by atoms with Gasteiger partial charge in [-0.1, -0.05) is 19.9 Å². The molecule has 2 heterocycles. The predicted octanol–water partition coefficient (Wildman–Crippen LogP) is 6.36. The van der Waals surface area contributed by atoms with E-state index in [1.54, 1.807) is 51.1 Å². The summed E-state index contributed by atoms with van der Waals surface area (Å²) in [4.78, 5) is 40.9. The van der Waals surface area contributed by atoms with Crippen molar-refractivity contribution in [2.75, 3.05) is 27.9 Å². The summed E-state index contributed by atoms with van der Waals surface area (Å²) in [7, 11) is 4.25. The van der Waals surface area contributed by atoms with Crippen molar-refractivity contribution < 1.29 is 51.9 Å². The van der Waals surface area contributed by atoms with Crippen LogP contribution in [0.3, 0.4) is 0 Å². The second-order valence-electron chi connectivity index (χ2n) is 12.4. The summed E-state index contributed by atoms with van der Waals surface area (Å²) in [6.07, 6.45) is -1.47. The van der Waals surface area contributed by atoms with Crippen molar-refractivity contribution in [3.63, 3.8) is 0 Å². The van der Waals surface area contributed by atoms with Crippen LogP contribution in [0.5, 0.6) is 23.0 Å². The number of ether oxygens (including phenoxy) is 7. The summed E-state index contributed by atoms with van der Waals surface area (Å²) < 4.78 is 64.0. The molecule has 5 rings (SSSR count). The first-order valence-corrected chi connectivity index (χ1v) is 17.2. The zero-order valence-corrected chi connectivity index (χ0v) is 30.8. The highest BCUT2D eigenvalue weighted by Crippen LogP contribution is 2.49. The summed E-state index contributed by atoms with van der Waals surface area (Å²) in [5, 5.41) is 2.55. The van der Waals surface area contributed by atoms with E-state index in [0.717, 1.165) is 17.8 Å². The van der Waals surface area contributed by atoms with Crippen LogP contribution in [-0.2, 0) is 36.0 Å². The molecular formula is C37H40FN3O10S. The lowest BCUT2D eigenvalue weighted by atomic mass is 9.87. The monoisotopic (exact) mass is 737 g/mol. The number of methoxy groups -OCH3 is 3. The smallest absolute Gasteiger partial charge is 0.411 e. The fourth-order valence-corrected chi connectivity index (χ4v) is 6.34. The van der Waals surface area contributed by atoms with Gasteiger partial charge in [-0.25, -0.2) is 18.8 Å². The number of aromatic nitrogens is 2. The number of hydrogen-bond acceptors (Lipinski definition) is 13. The molecule has 0 radical (unpaired) electrons. The van der Waals surface area contributed by atoms with Crippen molar-refractivity contribution in [1.29, 1.82) is 0 Å². The van der Waals surface area contributed by atoms with Crippen LogP contribution >= 0.6 is 11.7 Å². The van der Waals surface area contributed by atoms with E-state index in [1.807, 2.05) is 13.8 Å². The number of halogens is 1. The first-order chi connectivity index (χ1) is 24.8. The molecule has 1 aromatic heterocycles. The molecule has 3 aromatic carbocycles. The number of esters is 2. The SMILES string of the molecule is CCOC(=O)C(NC(=O)OC1(c2ccc(OC)c(F)c2)OC(=O)C(c2ccc3nsnc3c2)=C1Cc1cc(OC)c(OC(C)C)c(OC)c1)C(C)C. The Morgan fingerprint density at radius 3 is 2.19 bits per heavy atom. The van der Waals surface area contributed by atoms with Gasteiger partial charge in [-0.3, -0.25) is 0 Å². The number of nitrogens with zero attached hydrogens (tertiary/aromatic N) is 2. The zero-order chi connectivity index (χ0) is 37.7. The fourth-order valence-electron chi connectivity index (χ4n) is 5.82. The highest BCUT2D eigenvalue weighted by atomic mass is 32.1. The lowest BCUT2D eigenvalue weighted by Gasteiger charge is -2.32. The quantitative estimate of drug-likeness (QED) is 0.143. The molecule has 0 saturated heterocycles. The van der Waals surface area contributed by atoms with E-state index in [-0.39, 0.29) is 41.6 Å². The van der Waals surface area contributed by atoms with Crippen LogP contribution in [0, 0.1) is 11.7 Å². The molecule has 2 unspecified atom stereocenters. The molecule has 1 aliphatic rings. The second-order valence-corrected chi connectivity index (χ2v) is 12.9. The second kappa shape index (κ2) is 15.8. The Morgan fingerprint density at radius 1 is 0.923 bits per heavy atom. The average molecular weight is 738 g/mol. The summed E-state index contributed by atoms with van der Waals surface area (Å²) in [5.41, 5.74) is 2.14. The number of amides is 1. The van der Waals surface area contributed by atoms with Gasteiger partial charge in [0.25, 0.3) is 0 Å². The van der Waals surface area contributed by atoms with E-state index >= 15 is 4.39 Å². The minimum absolute atomic E-state index is 0.0326. The lowest BCUT2D eigenvalue weighted by Crippen LogP contribution is -2.48. The van der Waals surface area contributed by atoms with Gasteiger partial charge in [-0.2, -0.15) is 8.75 Å². The van der Waals surface area contributed by atoms with Crippen LogP contribution in [0.25, 0.3) is 16.6 Å². The van der Waals surface area contributed by atoms with Crippen molar-refractivity contribution in [3.8, 4) is 23.0 Å². The summed E-state index contributed by atoms with van der Waals surface area (Å²) in [5.74, 6) is -4.22. The molecule has 1 amide bonds. The molecule has 0 aliphatic carbocycles. The topological polar surface area (TPSA) is 154 Å². The number of alkyl carbamates (subject to hydrolysis) is 1. The first-order valence-electron chi connectivity index (χ1n) is 16.5. The maximum Gasteiger partial charge on any atom is 0.411 e. The third-order valence-electron chi connectivity index (χ3n) is 8.19. The fraction of sp³-hybridized carbons (Fsp3) is 0.378. The highest BCUT2D eigenvalue weighted by molar-refractivity contribution is 7.00. The normalized spacial score (nSPS) is 16.2. The molecular weight excluding hydrogens is 697 g/mol. The van der Waals surface area contributed by atoms with Gasteiger partial charge in [-0.15, -0.1) is 0 Å². The minimum atomic E-state index is -2.36. The van der Waals surface area contributed by atoms with Crippen molar-refractivity contribution in [2.45, 2.75) is 59.0 Å². The van der Waals surface area contributed by atoms with Crippen LogP contribution in [0.2, 0.25) is 0 Å². The van der Waals surface area contributed by atoms with Crippen LogP contribution in [0.15, 0.2) is 54.1 Å². The molecule has 2 atom stereocenters. The molecule has 4 aromatic rings. The number of benzene rings is 3. The van der Waals surface area contributed by atoms with Crippen LogP contribution in [-0.4, -0.2) is 66.9 Å². The maximum absolute atomic E-state index is 15.5. The molecule has 15 heteroatoms. The van der Waals surface area contributed by atoms with Gasteiger partial charge in [0.1, 0.15) is 17.1 Å². The third kappa shape index (κ3) is 7.59. The van der Waals surface area contributed by atoms with Gasteiger partial charge in [0.2, 0.25) is 5.75 Å².